The van der Waals surface area contributed by atoms with Crippen LogP contribution in [0, 0.1) is 6.92 Å². The van der Waals surface area contributed by atoms with Crippen molar-refractivity contribution in [2.24, 2.45) is 7.05 Å². The van der Waals surface area contributed by atoms with Gasteiger partial charge in [-0.3, -0.25) is 9.78 Å². The second-order valence-corrected chi connectivity index (χ2v) is 3.80. The van der Waals surface area contributed by atoms with Gasteiger partial charge in [0.1, 0.15) is 11.8 Å². The van der Waals surface area contributed by atoms with Gasteiger partial charge in [-0.15, -0.1) is 0 Å². The summed E-state index contributed by atoms with van der Waals surface area (Å²) in [5.41, 5.74) is 3.35. The quantitative estimate of drug-likeness (QED) is 0.688. The van der Waals surface area contributed by atoms with Crippen molar-refractivity contribution < 1.29 is 0 Å². The smallest absolute Gasteiger partial charge is 0.162 e. The van der Waals surface area contributed by atoms with Gasteiger partial charge in [0.2, 0.25) is 0 Å². The molecule has 7 heteroatoms. The molecule has 86 valence electrons. The monoisotopic (exact) mass is 229 g/mol. The highest BCUT2D eigenvalue weighted by molar-refractivity contribution is 5.88. The minimum absolute atomic E-state index is 0.673. The summed E-state index contributed by atoms with van der Waals surface area (Å²) in [6.07, 6.45) is 5.12. The maximum absolute atomic E-state index is 4.18. The lowest BCUT2D eigenvalue weighted by molar-refractivity contribution is 0.768. The standard InChI is InChI=1S/C10H11N7/c1-6-8-9(16-15-6)10(12-5-11-8)14-7-3-13-17(2)4-7/h3-5H,1-2H3,(H,15,16)(H,11,12,14). The van der Waals surface area contributed by atoms with Gasteiger partial charge >= 0.3 is 0 Å². The minimum Gasteiger partial charge on any atom is -0.336 e. The Morgan fingerprint density at radius 1 is 1.29 bits per heavy atom. The third-order valence-electron chi connectivity index (χ3n) is 2.48. The molecule has 0 bridgehead atoms. The molecule has 0 atom stereocenters. The van der Waals surface area contributed by atoms with Gasteiger partial charge in [0.15, 0.2) is 11.3 Å². The number of hydrogen-bond acceptors (Lipinski definition) is 5. The highest BCUT2D eigenvalue weighted by Gasteiger charge is 2.09. The lowest BCUT2D eigenvalue weighted by Crippen LogP contribution is -1.94. The van der Waals surface area contributed by atoms with E-state index in [1.165, 1.54) is 6.33 Å². The molecule has 7 nitrogen and oxygen atoms in total. The Kier molecular flexibility index (Phi) is 2.04. The number of aromatic nitrogens is 6. The van der Waals surface area contributed by atoms with Crippen LogP contribution in [0.25, 0.3) is 11.0 Å². The summed E-state index contributed by atoms with van der Waals surface area (Å²) in [6, 6.07) is 0. The van der Waals surface area contributed by atoms with Gasteiger partial charge < -0.3 is 5.32 Å². The Balaban J connectivity index is 2.05. The van der Waals surface area contributed by atoms with Crippen LogP contribution in [0.5, 0.6) is 0 Å². The van der Waals surface area contributed by atoms with E-state index in [0.717, 1.165) is 22.4 Å². The van der Waals surface area contributed by atoms with E-state index >= 15 is 0 Å². The van der Waals surface area contributed by atoms with Crippen molar-refractivity contribution in [1.29, 1.82) is 0 Å². The fourth-order valence-electron chi connectivity index (χ4n) is 1.67. The zero-order chi connectivity index (χ0) is 11.8. The average molecular weight is 229 g/mol. The van der Waals surface area contributed by atoms with Crippen LogP contribution in [0.1, 0.15) is 5.69 Å². The Bertz CT molecular complexity index is 666. The molecule has 0 aliphatic carbocycles. The number of anilines is 2. The van der Waals surface area contributed by atoms with E-state index in [2.05, 4.69) is 30.6 Å². The predicted molar refractivity (Wildman–Crippen MR) is 62.9 cm³/mol. The highest BCUT2D eigenvalue weighted by atomic mass is 15.3. The molecule has 2 N–H and O–H groups in total. The summed E-state index contributed by atoms with van der Waals surface area (Å²) in [4.78, 5) is 8.37. The van der Waals surface area contributed by atoms with Crippen LogP contribution in [0.2, 0.25) is 0 Å². The summed E-state index contributed by atoms with van der Waals surface area (Å²) in [6.45, 7) is 1.93. The van der Waals surface area contributed by atoms with Gasteiger partial charge in [0.05, 0.1) is 17.6 Å². The largest absolute Gasteiger partial charge is 0.336 e. The third kappa shape index (κ3) is 1.61. The van der Waals surface area contributed by atoms with Gasteiger partial charge in [-0.25, -0.2) is 9.97 Å². The molecule has 0 amide bonds. The fraction of sp³-hybridized carbons (Fsp3) is 0.200. The summed E-state index contributed by atoms with van der Waals surface area (Å²) in [5, 5.41) is 14.3. The number of aryl methyl sites for hydroxylation is 2. The maximum atomic E-state index is 4.18. The lowest BCUT2D eigenvalue weighted by Gasteiger charge is -2.01. The first-order valence-electron chi connectivity index (χ1n) is 5.15. The zero-order valence-electron chi connectivity index (χ0n) is 9.47. The van der Waals surface area contributed by atoms with Gasteiger partial charge in [-0.1, -0.05) is 0 Å². The molecule has 3 heterocycles. The van der Waals surface area contributed by atoms with Crippen LogP contribution in [-0.2, 0) is 7.05 Å². The summed E-state index contributed by atoms with van der Waals surface area (Å²) >= 11 is 0. The second kappa shape index (κ2) is 3.55. The molecule has 0 aliphatic rings. The van der Waals surface area contributed by atoms with E-state index in [1.54, 1.807) is 10.9 Å². The molecule has 3 aromatic rings. The SMILES string of the molecule is Cc1[nH]nc2c(Nc3cnn(C)c3)ncnc12. The molecular weight excluding hydrogens is 218 g/mol. The summed E-state index contributed by atoms with van der Waals surface area (Å²) in [7, 11) is 1.86. The first kappa shape index (κ1) is 9.76. The van der Waals surface area contributed by atoms with Crippen molar-refractivity contribution in [2.75, 3.05) is 5.32 Å². The van der Waals surface area contributed by atoms with E-state index in [9.17, 15) is 0 Å². The van der Waals surface area contributed by atoms with Crippen LogP contribution < -0.4 is 5.32 Å². The van der Waals surface area contributed by atoms with Crippen molar-refractivity contribution in [3.05, 3.63) is 24.4 Å². The van der Waals surface area contributed by atoms with Crippen LogP contribution in [0.3, 0.4) is 0 Å². The lowest BCUT2D eigenvalue weighted by atomic mass is 10.3. The van der Waals surface area contributed by atoms with Crippen molar-refractivity contribution in [1.82, 2.24) is 29.9 Å². The van der Waals surface area contributed by atoms with Gasteiger partial charge in [0, 0.05) is 13.2 Å². The third-order valence-corrected chi connectivity index (χ3v) is 2.48. The number of fused-ring (bicyclic) bond motifs is 1. The minimum atomic E-state index is 0.673. The summed E-state index contributed by atoms with van der Waals surface area (Å²) < 4.78 is 1.72. The van der Waals surface area contributed by atoms with Crippen molar-refractivity contribution in [3.63, 3.8) is 0 Å². The normalized spacial score (nSPS) is 10.9. The zero-order valence-corrected chi connectivity index (χ0v) is 9.47. The molecule has 0 saturated heterocycles. The first-order valence-corrected chi connectivity index (χ1v) is 5.15. The van der Waals surface area contributed by atoms with E-state index in [-0.39, 0.29) is 0 Å². The number of aromatic amines is 1. The molecule has 0 radical (unpaired) electrons. The number of rotatable bonds is 2. The second-order valence-electron chi connectivity index (χ2n) is 3.80. The Morgan fingerprint density at radius 3 is 2.94 bits per heavy atom. The first-order chi connectivity index (χ1) is 8.24. The van der Waals surface area contributed by atoms with Crippen LogP contribution in [0.15, 0.2) is 18.7 Å². The molecule has 0 fully saturated rings. The Labute approximate surface area is 96.9 Å². The molecule has 0 spiro atoms. The Morgan fingerprint density at radius 2 is 2.18 bits per heavy atom. The van der Waals surface area contributed by atoms with Gasteiger partial charge in [0.25, 0.3) is 0 Å². The Hall–Kier alpha value is -2.44. The van der Waals surface area contributed by atoms with Crippen molar-refractivity contribution >= 4 is 22.5 Å². The maximum Gasteiger partial charge on any atom is 0.162 e. The highest BCUT2D eigenvalue weighted by Crippen LogP contribution is 2.21. The molecular formula is C10H11N7. The molecule has 17 heavy (non-hydrogen) atoms. The van der Waals surface area contributed by atoms with Crippen molar-refractivity contribution in [3.8, 4) is 0 Å². The van der Waals surface area contributed by atoms with E-state index < -0.39 is 0 Å². The van der Waals surface area contributed by atoms with Crippen LogP contribution in [-0.4, -0.2) is 29.9 Å². The van der Waals surface area contributed by atoms with E-state index in [0.29, 0.717) is 5.82 Å². The number of nitrogens with zero attached hydrogens (tertiary/aromatic N) is 5. The van der Waals surface area contributed by atoms with Crippen LogP contribution >= 0.6 is 0 Å². The molecule has 0 unspecified atom stereocenters. The number of hydrogen-bond donors (Lipinski definition) is 2. The molecule has 3 rings (SSSR count). The molecule has 0 saturated carbocycles. The summed E-state index contributed by atoms with van der Waals surface area (Å²) in [5.74, 6) is 0.673. The van der Waals surface area contributed by atoms with Crippen molar-refractivity contribution in [2.45, 2.75) is 6.92 Å². The average Bonchev–Trinajstić information content (AvgIpc) is 2.88. The van der Waals surface area contributed by atoms with Gasteiger partial charge in [-0.2, -0.15) is 10.2 Å². The van der Waals surface area contributed by atoms with E-state index in [1.807, 2.05) is 20.2 Å². The topological polar surface area (TPSA) is 84.3 Å². The molecule has 0 aromatic carbocycles. The predicted octanol–water partition coefficient (Wildman–Crippen LogP) is 1.14. The fourth-order valence-corrected chi connectivity index (χ4v) is 1.67. The van der Waals surface area contributed by atoms with E-state index in [4.69, 9.17) is 0 Å². The molecule has 0 aliphatic heterocycles. The van der Waals surface area contributed by atoms with Gasteiger partial charge in [-0.05, 0) is 6.92 Å². The number of H-pyrrole nitrogens is 1. The van der Waals surface area contributed by atoms with Crippen LogP contribution in [0.4, 0.5) is 11.5 Å². The number of nitrogens with one attached hydrogen (secondary N) is 2. The molecule has 3 aromatic heterocycles.